The van der Waals surface area contributed by atoms with Gasteiger partial charge in [-0.15, -0.1) is 0 Å². The topological polar surface area (TPSA) is 41.9 Å². The lowest BCUT2D eigenvalue weighted by atomic mass is 9.93. The van der Waals surface area contributed by atoms with Gasteiger partial charge in [0.2, 0.25) is 5.78 Å². The minimum absolute atomic E-state index is 0.000991. The highest BCUT2D eigenvalue weighted by Crippen LogP contribution is 2.47. The Labute approximate surface area is 211 Å². The molecule has 0 aliphatic carbocycles. The predicted octanol–water partition coefficient (Wildman–Crippen LogP) is 6.79. The zero-order chi connectivity index (χ0) is 24.5. The molecule has 0 fully saturated rings. The van der Waals surface area contributed by atoms with Gasteiger partial charge < -0.3 is 4.74 Å². The molecule has 4 aromatic rings. The van der Waals surface area contributed by atoms with Crippen molar-refractivity contribution in [1.82, 2.24) is 5.01 Å². The number of fused-ring (bicyclic) bond motifs is 1. The second-order valence-corrected chi connectivity index (χ2v) is 9.36. The van der Waals surface area contributed by atoms with E-state index >= 15 is 0 Å². The van der Waals surface area contributed by atoms with Gasteiger partial charge in [0.1, 0.15) is 11.8 Å². The third-order valence-corrected chi connectivity index (χ3v) is 7.20. The SMILES string of the molecule is CCc1ccc(C(=O)C2Oc3ccccc3C2N2N=C(c3ccccc3)CC2c2ccccc2)cc1. The number of ketones is 1. The smallest absolute Gasteiger partial charge is 0.205 e. The number of Topliss-reactive ketones (excluding diaryl/α,β-unsaturated/α-hetero) is 1. The van der Waals surface area contributed by atoms with Crippen LogP contribution in [0, 0.1) is 0 Å². The molecular weight excluding hydrogens is 444 g/mol. The molecule has 3 unspecified atom stereocenters. The molecule has 0 spiro atoms. The first-order valence-corrected chi connectivity index (χ1v) is 12.6. The number of hydrazone groups is 1. The first-order chi connectivity index (χ1) is 17.7. The Morgan fingerprint density at radius 3 is 2.25 bits per heavy atom. The molecule has 6 rings (SSSR count). The summed E-state index contributed by atoms with van der Waals surface area (Å²) in [4.78, 5) is 13.9. The zero-order valence-corrected chi connectivity index (χ0v) is 20.2. The monoisotopic (exact) mass is 472 g/mol. The van der Waals surface area contributed by atoms with Crippen LogP contribution in [0.15, 0.2) is 114 Å². The Morgan fingerprint density at radius 2 is 1.53 bits per heavy atom. The number of benzene rings is 4. The van der Waals surface area contributed by atoms with E-state index in [4.69, 9.17) is 9.84 Å². The lowest BCUT2D eigenvalue weighted by molar-refractivity contribution is 0.0538. The van der Waals surface area contributed by atoms with Gasteiger partial charge in [-0.25, -0.2) is 0 Å². The minimum Gasteiger partial charge on any atom is -0.479 e. The molecule has 2 aliphatic heterocycles. The maximum absolute atomic E-state index is 13.9. The van der Waals surface area contributed by atoms with Gasteiger partial charge in [0.25, 0.3) is 0 Å². The van der Waals surface area contributed by atoms with E-state index in [-0.39, 0.29) is 17.9 Å². The summed E-state index contributed by atoms with van der Waals surface area (Å²) in [6, 6.07) is 36.3. The lowest BCUT2D eigenvalue weighted by Crippen LogP contribution is -2.38. The van der Waals surface area contributed by atoms with Crippen molar-refractivity contribution < 1.29 is 9.53 Å². The summed E-state index contributed by atoms with van der Waals surface area (Å²) in [7, 11) is 0. The number of carbonyl (C=O) groups is 1. The van der Waals surface area contributed by atoms with E-state index in [1.54, 1.807) is 0 Å². The molecular formula is C32H28N2O2. The highest BCUT2D eigenvalue weighted by Gasteiger charge is 2.47. The van der Waals surface area contributed by atoms with Crippen molar-refractivity contribution in [3.63, 3.8) is 0 Å². The van der Waals surface area contributed by atoms with Crippen molar-refractivity contribution in [1.29, 1.82) is 0 Å². The van der Waals surface area contributed by atoms with E-state index in [9.17, 15) is 4.79 Å². The normalized spacial score (nSPS) is 20.5. The quantitative estimate of drug-likeness (QED) is 0.290. The molecule has 2 heterocycles. The van der Waals surface area contributed by atoms with E-state index in [0.29, 0.717) is 5.56 Å². The highest BCUT2D eigenvalue weighted by molar-refractivity contribution is 6.02. The van der Waals surface area contributed by atoms with Crippen LogP contribution >= 0.6 is 0 Å². The molecule has 0 radical (unpaired) electrons. The molecule has 0 saturated heterocycles. The van der Waals surface area contributed by atoms with E-state index in [0.717, 1.165) is 35.4 Å². The summed E-state index contributed by atoms with van der Waals surface area (Å²) < 4.78 is 6.37. The Balaban J connectivity index is 1.44. The molecule has 4 heteroatoms. The number of hydrogen-bond donors (Lipinski definition) is 0. The van der Waals surface area contributed by atoms with Crippen LogP contribution in [0.25, 0.3) is 0 Å². The first-order valence-electron chi connectivity index (χ1n) is 12.6. The number of para-hydroxylation sites is 1. The minimum atomic E-state index is -0.681. The van der Waals surface area contributed by atoms with Crippen LogP contribution < -0.4 is 4.74 Å². The number of rotatable bonds is 6. The molecule has 36 heavy (non-hydrogen) atoms. The molecule has 0 saturated carbocycles. The van der Waals surface area contributed by atoms with Crippen LogP contribution in [-0.2, 0) is 6.42 Å². The summed E-state index contributed by atoms with van der Waals surface area (Å²) in [5.74, 6) is 0.732. The van der Waals surface area contributed by atoms with Crippen LogP contribution in [0.5, 0.6) is 5.75 Å². The Kier molecular flexibility index (Phi) is 5.86. The van der Waals surface area contributed by atoms with E-state index in [1.165, 1.54) is 11.1 Å². The Morgan fingerprint density at radius 1 is 0.861 bits per heavy atom. The van der Waals surface area contributed by atoms with Gasteiger partial charge in [-0.2, -0.15) is 5.10 Å². The molecule has 0 bridgehead atoms. The standard InChI is InChI=1S/C32H28N2O2/c1-2-22-17-19-25(20-18-22)31(35)32-30(26-15-9-10-16-29(26)36-32)34-28(24-13-7-4-8-14-24)21-27(33-34)23-11-5-3-6-12-23/h3-20,28,30,32H,2,21H2,1H3. The van der Waals surface area contributed by atoms with E-state index in [1.807, 2.05) is 66.7 Å². The molecule has 2 aliphatic rings. The molecule has 178 valence electrons. The number of ether oxygens (including phenoxy) is 1. The first kappa shape index (κ1) is 22.3. The van der Waals surface area contributed by atoms with Gasteiger partial charge in [-0.1, -0.05) is 110 Å². The number of hydrogen-bond acceptors (Lipinski definition) is 4. The van der Waals surface area contributed by atoms with Crippen molar-refractivity contribution in [2.45, 2.75) is 38.0 Å². The molecule has 4 nitrogen and oxygen atoms in total. The summed E-state index contributed by atoms with van der Waals surface area (Å²) in [6.07, 6.45) is 1.02. The van der Waals surface area contributed by atoms with Gasteiger partial charge in [0.15, 0.2) is 6.10 Å². The predicted molar refractivity (Wildman–Crippen MR) is 142 cm³/mol. The van der Waals surface area contributed by atoms with Crippen LogP contribution in [0.1, 0.15) is 58.0 Å². The van der Waals surface area contributed by atoms with Crippen molar-refractivity contribution in [3.05, 3.63) is 137 Å². The second kappa shape index (κ2) is 9.46. The van der Waals surface area contributed by atoms with Crippen molar-refractivity contribution in [2.24, 2.45) is 5.10 Å². The van der Waals surface area contributed by atoms with Gasteiger partial charge >= 0.3 is 0 Å². The number of carbonyl (C=O) groups excluding carboxylic acids is 1. The third kappa shape index (κ3) is 3.99. The summed E-state index contributed by atoms with van der Waals surface area (Å²) in [5.41, 5.74) is 6.17. The second-order valence-electron chi connectivity index (χ2n) is 9.36. The zero-order valence-electron chi connectivity index (χ0n) is 20.2. The largest absolute Gasteiger partial charge is 0.479 e. The fraction of sp³-hybridized carbons (Fsp3) is 0.188. The van der Waals surface area contributed by atoms with Crippen molar-refractivity contribution in [3.8, 4) is 5.75 Å². The fourth-order valence-corrected chi connectivity index (χ4v) is 5.28. The fourth-order valence-electron chi connectivity index (χ4n) is 5.28. The summed E-state index contributed by atoms with van der Waals surface area (Å²) in [5, 5.41) is 7.29. The molecule has 3 atom stereocenters. The van der Waals surface area contributed by atoms with Crippen LogP contribution in [0.3, 0.4) is 0 Å². The van der Waals surface area contributed by atoms with Crippen LogP contribution in [0.2, 0.25) is 0 Å². The molecule has 0 aromatic heterocycles. The highest BCUT2D eigenvalue weighted by atomic mass is 16.5. The van der Waals surface area contributed by atoms with Gasteiger partial charge in [-0.05, 0) is 29.2 Å². The summed E-state index contributed by atoms with van der Waals surface area (Å²) in [6.45, 7) is 2.11. The third-order valence-electron chi connectivity index (χ3n) is 7.20. The maximum atomic E-state index is 13.9. The van der Waals surface area contributed by atoms with Gasteiger partial charge in [0.05, 0.1) is 11.8 Å². The van der Waals surface area contributed by atoms with Gasteiger partial charge in [0, 0.05) is 17.5 Å². The Hall–Kier alpha value is -4.18. The maximum Gasteiger partial charge on any atom is 0.205 e. The number of aryl methyl sites for hydroxylation is 1. The molecule has 0 N–H and O–H groups in total. The molecule has 0 amide bonds. The van der Waals surface area contributed by atoms with E-state index < -0.39 is 6.10 Å². The number of nitrogens with zero attached hydrogens (tertiary/aromatic N) is 2. The van der Waals surface area contributed by atoms with Crippen molar-refractivity contribution in [2.75, 3.05) is 0 Å². The van der Waals surface area contributed by atoms with Gasteiger partial charge in [-0.3, -0.25) is 9.80 Å². The molecule has 4 aromatic carbocycles. The lowest BCUT2D eigenvalue weighted by Gasteiger charge is -2.32. The van der Waals surface area contributed by atoms with Crippen LogP contribution in [-0.4, -0.2) is 22.6 Å². The average Bonchev–Trinajstić information content (AvgIpc) is 3.56. The summed E-state index contributed by atoms with van der Waals surface area (Å²) >= 11 is 0. The van der Waals surface area contributed by atoms with Crippen LogP contribution in [0.4, 0.5) is 0 Å². The van der Waals surface area contributed by atoms with Crippen molar-refractivity contribution >= 4 is 11.5 Å². The van der Waals surface area contributed by atoms with E-state index in [2.05, 4.69) is 54.4 Å². The average molecular weight is 473 g/mol. The Bertz CT molecular complexity index is 1400.